The van der Waals surface area contributed by atoms with Gasteiger partial charge in [-0.2, -0.15) is 9.97 Å². The molecule has 1 amide bonds. The van der Waals surface area contributed by atoms with Crippen molar-refractivity contribution in [2.24, 2.45) is 0 Å². The number of anilines is 1. The molecule has 1 aromatic carbocycles. The predicted octanol–water partition coefficient (Wildman–Crippen LogP) is 3.71. The Morgan fingerprint density at radius 1 is 1.00 bits per heavy atom. The number of likely N-dealkylation sites (N-methyl/N-ethyl adjacent to an activating group) is 1. The van der Waals surface area contributed by atoms with Gasteiger partial charge in [0.2, 0.25) is 5.88 Å². The van der Waals surface area contributed by atoms with Crippen LogP contribution in [-0.4, -0.2) is 66.2 Å². The minimum atomic E-state index is -0.264. The summed E-state index contributed by atoms with van der Waals surface area (Å²) in [5, 5.41) is 0.650. The van der Waals surface area contributed by atoms with Gasteiger partial charge in [-0.25, -0.2) is 4.98 Å². The van der Waals surface area contributed by atoms with Gasteiger partial charge in [-0.05, 0) is 44.1 Å². The van der Waals surface area contributed by atoms with Gasteiger partial charge in [0.1, 0.15) is 5.69 Å². The molecule has 0 saturated heterocycles. The van der Waals surface area contributed by atoms with E-state index in [0.29, 0.717) is 11.7 Å². The number of thiazole rings is 1. The van der Waals surface area contributed by atoms with Crippen molar-refractivity contribution in [1.29, 1.82) is 0 Å². The molecule has 0 fully saturated rings. The zero-order valence-electron chi connectivity index (χ0n) is 18.9. The van der Waals surface area contributed by atoms with Crippen molar-refractivity contribution in [3.05, 3.63) is 35.0 Å². The van der Waals surface area contributed by atoms with Crippen molar-refractivity contribution in [3.8, 4) is 11.9 Å². The van der Waals surface area contributed by atoms with Crippen LogP contribution in [-0.2, 0) is 0 Å². The Morgan fingerprint density at radius 2 is 1.74 bits per heavy atom. The molecule has 3 aromatic rings. The molecule has 0 spiro atoms. The Hall–Kier alpha value is -2.78. The minimum Gasteiger partial charge on any atom is -0.481 e. The normalized spacial score (nSPS) is 11.2. The van der Waals surface area contributed by atoms with E-state index >= 15 is 0 Å². The minimum absolute atomic E-state index is 0.0853. The Balaban J connectivity index is 2.04. The number of ether oxygens (including phenoxy) is 2. The molecule has 2 aromatic heterocycles. The summed E-state index contributed by atoms with van der Waals surface area (Å²) in [6, 6.07) is 5.79. The average Bonchev–Trinajstić information content (AvgIpc) is 3.20. The van der Waals surface area contributed by atoms with Gasteiger partial charge < -0.3 is 14.4 Å². The summed E-state index contributed by atoms with van der Waals surface area (Å²) in [5.41, 5.74) is 3.40. The number of rotatable bonds is 9. The van der Waals surface area contributed by atoms with E-state index in [0.717, 1.165) is 41.0 Å². The van der Waals surface area contributed by atoms with E-state index in [2.05, 4.69) is 41.7 Å². The fourth-order valence-electron chi connectivity index (χ4n) is 3.39. The highest BCUT2D eigenvalue weighted by molar-refractivity contribution is 7.22. The molecule has 0 aliphatic heterocycles. The maximum absolute atomic E-state index is 13.6. The first-order valence-corrected chi connectivity index (χ1v) is 11.1. The first kappa shape index (κ1) is 22.9. The number of benzene rings is 1. The third kappa shape index (κ3) is 5.11. The molecule has 31 heavy (non-hydrogen) atoms. The van der Waals surface area contributed by atoms with Crippen LogP contribution in [0.2, 0.25) is 0 Å². The van der Waals surface area contributed by atoms with Crippen LogP contribution in [0.1, 0.15) is 35.5 Å². The molecule has 3 rings (SSSR count). The summed E-state index contributed by atoms with van der Waals surface area (Å²) in [6.45, 7) is 11.4. The van der Waals surface area contributed by atoms with Crippen molar-refractivity contribution in [3.63, 3.8) is 0 Å². The summed E-state index contributed by atoms with van der Waals surface area (Å²) in [7, 11) is 2.95. The number of methoxy groups -OCH3 is 2. The highest BCUT2D eigenvalue weighted by Gasteiger charge is 2.25. The maximum Gasteiger partial charge on any atom is 0.320 e. The molecule has 0 N–H and O–H groups in total. The molecule has 2 heterocycles. The SMILES string of the molecule is CCN(CC)CCN(C(=O)c1cc(OC)nc(OC)n1)c1nc2cc(C)cc(C)c2s1. The molecular weight excluding hydrogens is 414 g/mol. The standard InChI is InChI=1S/C22H29N5O3S/c1-7-26(8-2)9-10-27(20(28)17-13-18(29-5)25-21(23-17)30-6)22-24-16-12-14(3)11-15(4)19(16)31-22/h11-13H,7-10H2,1-6H3. The number of amides is 1. The van der Waals surface area contributed by atoms with E-state index < -0.39 is 0 Å². The first-order valence-electron chi connectivity index (χ1n) is 10.3. The third-order valence-electron chi connectivity index (χ3n) is 5.11. The van der Waals surface area contributed by atoms with E-state index in [-0.39, 0.29) is 23.5 Å². The van der Waals surface area contributed by atoms with E-state index in [1.807, 2.05) is 13.0 Å². The molecule has 0 unspecified atom stereocenters. The van der Waals surface area contributed by atoms with Crippen LogP contribution in [0.4, 0.5) is 5.13 Å². The molecule has 0 radical (unpaired) electrons. The molecule has 0 bridgehead atoms. The molecule has 8 nitrogen and oxygen atoms in total. The number of aryl methyl sites for hydroxylation is 2. The van der Waals surface area contributed by atoms with Crippen LogP contribution in [0, 0.1) is 13.8 Å². The lowest BCUT2D eigenvalue weighted by molar-refractivity contribution is 0.0977. The van der Waals surface area contributed by atoms with Gasteiger partial charge >= 0.3 is 6.01 Å². The van der Waals surface area contributed by atoms with Crippen LogP contribution in [0.3, 0.4) is 0 Å². The largest absolute Gasteiger partial charge is 0.481 e. The van der Waals surface area contributed by atoms with Crippen molar-refractivity contribution >= 4 is 32.6 Å². The lowest BCUT2D eigenvalue weighted by Gasteiger charge is -2.24. The van der Waals surface area contributed by atoms with Crippen LogP contribution in [0.25, 0.3) is 10.2 Å². The summed E-state index contributed by atoms with van der Waals surface area (Å²) in [5.74, 6) is 0.00856. The van der Waals surface area contributed by atoms with Crippen LogP contribution in [0.5, 0.6) is 11.9 Å². The second-order valence-corrected chi connectivity index (χ2v) is 8.17. The number of hydrogen-bond donors (Lipinski definition) is 0. The van der Waals surface area contributed by atoms with E-state index in [4.69, 9.17) is 14.5 Å². The molecule has 0 saturated carbocycles. The number of hydrogen-bond acceptors (Lipinski definition) is 8. The van der Waals surface area contributed by atoms with Crippen molar-refractivity contribution in [2.75, 3.05) is 45.3 Å². The van der Waals surface area contributed by atoms with Gasteiger partial charge in [0.15, 0.2) is 5.13 Å². The Bertz CT molecular complexity index is 1040. The quantitative estimate of drug-likeness (QED) is 0.499. The predicted molar refractivity (Wildman–Crippen MR) is 124 cm³/mol. The van der Waals surface area contributed by atoms with Gasteiger partial charge in [0.05, 0.1) is 24.4 Å². The van der Waals surface area contributed by atoms with Crippen molar-refractivity contribution in [1.82, 2.24) is 19.9 Å². The molecule has 0 aliphatic carbocycles. The number of carbonyl (C=O) groups is 1. The smallest absolute Gasteiger partial charge is 0.320 e. The van der Waals surface area contributed by atoms with Crippen LogP contribution in [0.15, 0.2) is 18.2 Å². The highest BCUT2D eigenvalue weighted by atomic mass is 32.1. The number of nitrogens with zero attached hydrogens (tertiary/aromatic N) is 5. The second kappa shape index (κ2) is 10.0. The monoisotopic (exact) mass is 443 g/mol. The van der Waals surface area contributed by atoms with E-state index in [9.17, 15) is 4.79 Å². The maximum atomic E-state index is 13.6. The van der Waals surface area contributed by atoms with Crippen LogP contribution >= 0.6 is 11.3 Å². The zero-order valence-corrected chi connectivity index (χ0v) is 19.7. The molecular formula is C22H29N5O3S. The summed E-state index contributed by atoms with van der Waals surface area (Å²) in [6.07, 6.45) is 0. The fraction of sp³-hybridized carbons (Fsp3) is 0.455. The third-order valence-corrected chi connectivity index (χ3v) is 6.34. The number of fused-ring (bicyclic) bond motifs is 1. The number of aromatic nitrogens is 3. The van der Waals surface area contributed by atoms with E-state index in [1.54, 1.807) is 4.90 Å². The summed E-state index contributed by atoms with van der Waals surface area (Å²) in [4.78, 5) is 30.7. The molecule has 9 heteroatoms. The first-order chi connectivity index (χ1) is 14.9. The Labute approximate surface area is 186 Å². The van der Waals surface area contributed by atoms with Gasteiger partial charge in [-0.3, -0.25) is 9.69 Å². The highest BCUT2D eigenvalue weighted by Crippen LogP contribution is 2.33. The molecule has 0 atom stereocenters. The van der Waals surface area contributed by atoms with Crippen molar-refractivity contribution in [2.45, 2.75) is 27.7 Å². The van der Waals surface area contributed by atoms with Gasteiger partial charge in [0, 0.05) is 19.2 Å². The zero-order chi connectivity index (χ0) is 22.5. The number of carbonyl (C=O) groups excluding carboxylic acids is 1. The van der Waals surface area contributed by atoms with Gasteiger partial charge in [0.25, 0.3) is 5.91 Å². The lowest BCUT2D eigenvalue weighted by atomic mass is 10.1. The second-order valence-electron chi connectivity index (χ2n) is 7.19. The van der Waals surface area contributed by atoms with Crippen molar-refractivity contribution < 1.29 is 14.3 Å². The lowest BCUT2D eigenvalue weighted by Crippen LogP contribution is -2.39. The fourth-order valence-corrected chi connectivity index (χ4v) is 4.43. The molecule has 166 valence electrons. The van der Waals surface area contributed by atoms with E-state index in [1.165, 1.54) is 31.6 Å². The van der Waals surface area contributed by atoms with Gasteiger partial charge in [-0.1, -0.05) is 31.3 Å². The Kier molecular flexibility index (Phi) is 7.40. The summed E-state index contributed by atoms with van der Waals surface area (Å²) < 4.78 is 11.5. The van der Waals surface area contributed by atoms with Gasteiger partial charge in [-0.15, -0.1) is 0 Å². The average molecular weight is 444 g/mol. The topological polar surface area (TPSA) is 80.7 Å². The Morgan fingerprint density at radius 3 is 2.39 bits per heavy atom. The van der Waals surface area contributed by atoms with Crippen LogP contribution < -0.4 is 14.4 Å². The molecule has 0 aliphatic rings. The summed E-state index contributed by atoms with van der Waals surface area (Å²) >= 11 is 1.52.